The van der Waals surface area contributed by atoms with E-state index in [1.807, 2.05) is 0 Å². The van der Waals surface area contributed by atoms with Crippen molar-refractivity contribution >= 4 is 0 Å². The third-order valence-corrected chi connectivity index (χ3v) is 3.84. The number of ether oxygens (including phenoxy) is 1. The van der Waals surface area contributed by atoms with E-state index in [0.717, 1.165) is 12.2 Å². The van der Waals surface area contributed by atoms with Crippen LogP contribution in [0.1, 0.15) is 16.7 Å². The maximum Gasteiger partial charge on any atom is 0.130 e. The van der Waals surface area contributed by atoms with Gasteiger partial charge in [0.15, 0.2) is 0 Å². The SMILES string of the molecule is Cc1cccc(C)c1-c1cccc2c1O[C@H](CN)C2. The Hall–Kier alpha value is -1.80. The number of fused-ring (bicyclic) bond motifs is 1. The molecule has 0 aliphatic carbocycles. The van der Waals surface area contributed by atoms with Gasteiger partial charge in [-0.15, -0.1) is 0 Å². The van der Waals surface area contributed by atoms with Gasteiger partial charge in [-0.25, -0.2) is 0 Å². The van der Waals surface area contributed by atoms with Crippen molar-refractivity contribution in [3.63, 3.8) is 0 Å². The van der Waals surface area contributed by atoms with Crippen LogP contribution in [0.3, 0.4) is 0 Å². The molecule has 0 spiro atoms. The van der Waals surface area contributed by atoms with Gasteiger partial charge in [-0.1, -0.05) is 36.4 Å². The lowest BCUT2D eigenvalue weighted by Crippen LogP contribution is -2.24. The monoisotopic (exact) mass is 253 g/mol. The molecule has 0 fully saturated rings. The van der Waals surface area contributed by atoms with Crippen LogP contribution in [0, 0.1) is 13.8 Å². The molecule has 2 aromatic carbocycles. The smallest absolute Gasteiger partial charge is 0.130 e. The van der Waals surface area contributed by atoms with Crippen LogP contribution in [-0.4, -0.2) is 12.6 Å². The first-order chi connectivity index (χ1) is 9.20. The number of hydrogen-bond acceptors (Lipinski definition) is 2. The number of hydrogen-bond donors (Lipinski definition) is 1. The zero-order valence-corrected chi connectivity index (χ0v) is 11.4. The van der Waals surface area contributed by atoms with E-state index >= 15 is 0 Å². The first-order valence-electron chi connectivity index (χ1n) is 6.76. The average molecular weight is 253 g/mol. The number of nitrogens with two attached hydrogens (primary N) is 1. The summed E-state index contributed by atoms with van der Waals surface area (Å²) in [6.45, 7) is 4.87. The minimum Gasteiger partial charge on any atom is -0.488 e. The molecule has 0 unspecified atom stereocenters. The predicted molar refractivity (Wildman–Crippen MR) is 78.5 cm³/mol. The number of benzene rings is 2. The normalized spacial score (nSPS) is 17.1. The standard InChI is InChI=1S/C17H19NO/c1-11-5-3-6-12(2)16(11)15-8-4-7-13-9-14(10-18)19-17(13)15/h3-8,14H,9-10,18H2,1-2H3/t14-/m0/s1. The van der Waals surface area contributed by atoms with Crippen LogP contribution >= 0.6 is 0 Å². The van der Waals surface area contributed by atoms with Gasteiger partial charge in [0.25, 0.3) is 0 Å². The van der Waals surface area contributed by atoms with Crippen molar-refractivity contribution in [2.45, 2.75) is 26.4 Å². The maximum absolute atomic E-state index is 6.03. The van der Waals surface area contributed by atoms with Crippen molar-refractivity contribution in [2.24, 2.45) is 5.73 Å². The minimum absolute atomic E-state index is 0.125. The highest BCUT2D eigenvalue weighted by molar-refractivity contribution is 5.78. The van der Waals surface area contributed by atoms with Crippen LogP contribution in [-0.2, 0) is 6.42 Å². The van der Waals surface area contributed by atoms with E-state index in [2.05, 4.69) is 50.2 Å². The summed E-state index contributed by atoms with van der Waals surface area (Å²) in [5, 5.41) is 0. The molecule has 0 aromatic heterocycles. The summed E-state index contributed by atoms with van der Waals surface area (Å²) in [7, 11) is 0. The predicted octanol–water partition coefficient (Wildman–Crippen LogP) is 3.23. The molecule has 1 atom stereocenters. The maximum atomic E-state index is 6.03. The van der Waals surface area contributed by atoms with Gasteiger partial charge in [0.05, 0.1) is 0 Å². The molecular formula is C17H19NO. The van der Waals surface area contributed by atoms with Gasteiger partial charge in [-0.2, -0.15) is 0 Å². The van der Waals surface area contributed by atoms with E-state index in [-0.39, 0.29) is 6.10 Å². The quantitative estimate of drug-likeness (QED) is 0.891. The van der Waals surface area contributed by atoms with Crippen molar-refractivity contribution in [2.75, 3.05) is 6.54 Å². The van der Waals surface area contributed by atoms with Gasteiger partial charge in [0.2, 0.25) is 0 Å². The van der Waals surface area contributed by atoms with Gasteiger partial charge in [0, 0.05) is 18.5 Å². The van der Waals surface area contributed by atoms with Crippen LogP contribution in [0.5, 0.6) is 5.75 Å². The van der Waals surface area contributed by atoms with Crippen molar-refractivity contribution < 1.29 is 4.74 Å². The van der Waals surface area contributed by atoms with Crippen molar-refractivity contribution in [3.05, 3.63) is 53.1 Å². The largest absolute Gasteiger partial charge is 0.488 e. The Morgan fingerprint density at radius 2 is 1.79 bits per heavy atom. The summed E-state index contributed by atoms with van der Waals surface area (Å²) in [6.07, 6.45) is 1.05. The molecule has 0 radical (unpaired) electrons. The van der Waals surface area contributed by atoms with Crippen LogP contribution in [0.25, 0.3) is 11.1 Å². The van der Waals surface area contributed by atoms with Gasteiger partial charge in [0.1, 0.15) is 11.9 Å². The lowest BCUT2D eigenvalue weighted by atomic mass is 9.93. The molecule has 2 heteroatoms. The first kappa shape index (κ1) is 12.2. The summed E-state index contributed by atoms with van der Waals surface area (Å²) in [5.74, 6) is 1.02. The summed E-state index contributed by atoms with van der Waals surface area (Å²) in [5.41, 5.74) is 12.1. The molecule has 1 aliphatic heterocycles. The average Bonchev–Trinajstić information content (AvgIpc) is 2.82. The summed E-state index contributed by atoms with van der Waals surface area (Å²) in [6, 6.07) is 12.8. The molecule has 19 heavy (non-hydrogen) atoms. The van der Waals surface area contributed by atoms with Crippen LogP contribution in [0.2, 0.25) is 0 Å². The third kappa shape index (κ3) is 2.02. The van der Waals surface area contributed by atoms with E-state index in [1.54, 1.807) is 0 Å². The fourth-order valence-electron chi connectivity index (χ4n) is 2.91. The lowest BCUT2D eigenvalue weighted by Gasteiger charge is -2.14. The topological polar surface area (TPSA) is 35.2 Å². The fourth-order valence-corrected chi connectivity index (χ4v) is 2.91. The highest BCUT2D eigenvalue weighted by Gasteiger charge is 2.25. The number of aryl methyl sites for hydroxylation is 2. The zero-order chi connectivity index (χ0) is 13.4. The third-order valence-electron chi connectivity index (χ3n) is 3.84. The molecule has 2 N–H and O–H groups in total. The van der Waals surface area contributed by atoms with E-state index in [1.165, 1.54) is 27.8 Å². The highest BCUT2D eigenvalue weighted by Crippen LogP contribution is 2.40. The second kappa shape index (κ2) is 4.71. The Bertz CT molecular complexity index is 598. The van der Waals surface area contributed by atoms with Crippen LogP contribution < -0.4 is 10.5 Å². The molecule has 0 saturated carbocycles. The van der Waals surface area contributed by atoms with E-state index in [4.69, 9.17) is 10.5 Å². The Kier molecular flexibility index (Phi) is 3.03. The first-order valence-corrected chi connectivity index (χ1v) is 6.76. The summed E-state index contributed by atoms with van der Waals surface area (Å²) in [4.78, 5) is 0. The minimum atomic E-state index is 0.125. The fraction of sp³-hybridized carbons (Fsp3) is 0.294. The van der Waals surface area contributed by atoms with Crippen molar-refractivity contribution in [1.29, 1.82) is 0 Å². The molecule has 1 aliphatic rings. The van der Waals surface area contributed by atoms with Gasteiger partial charge >= 0.3 is 0 Å². The Morgan fingerprint density at radius 3 is 2.47 bits per heavy atom. The zero-order valence-electron chi connectivity index (χ0n) is 11.4. The number of rotatable bonds is 2. The van der Waals surface area contributed by atoms with Crippen LogP contribution in [0.4, 0.5) is 0 Å². The molecule has 98 valence electrons. The molecule has 3 rings (SSSR count). The second-order valence-corrected chi connectivity index (χ2v) is 5.24. The van der Waals surface area contributed by atoms with Gasteiger partial charge < -0.3 is 10.5 Å². The van der Waals surface area contributed by atoms with Crippen molar-refractivity contribution in [1.82, 2.24) is 0 Å². The molecule has 0 amide bonds. The Labute approximate surface area is 114 Å². The molecule has 0 bridgehead atoms. The van der Waals surface area contributed by atoms with Crippen molar-refractivity contribution in [3.8, 4) is 16.9 Å². The van der Waals surface area contributed by atoms with E-state index < -0.39 is 0 Å². The van der Waals surface area contributed by atoms with E-state index in [9.17, 15) is 0 Å². The second-order valence-electron chi connectivity index (χ2n) is 5.24. The molecule has 1 heterocycles. The molecular weight excluding hydrogens is 234 g/mol. The van der Waals surface area contributed by atoms with Gasteiger partial charge in [-0.05, 0) is 36.1 Å². The number of para-hydroxylation sites is 1. The van der Waals surface area contributed by atoms with Crippen LogP contribution in [0.15, 0.2) is 36.4 Å². The van der Waals surface area contributed by atoms with Gasteiger partial charge in [-0.3, -0.25) is 0 Å². The molecule has 0 saturated heterocycles. The Morgan fingerprint density at radius 1 is 1.11 bits per heavy atom. The molecule has 2 nitrogen and oxygen atoms in total. The lowest BCUT2D eigenvalue weighted by molar-refractivity contribution is 0.242. The summed E-state index contributed by atoms with van der Waals surface area (Å²) < 4.78 is 6.03. The van der Waals surface area contributed by atoms with E-state index in [0.29, 0.717) is 6.54 Å². The highest BCUT2D eigenvalue weighted by atomic mass is 16.5. The summed E-state index contributed by atoms with van der Waals surface area (Å²) >= 11 is 0. The molecule has 2 aromatic rings. The Balaban J connectivity index is 2.16.